The zero-order valence-electron chi connectivity index (χ0n) is 10.9. The van der Waals surface area contributed by atoms with Gasteiger partial charge in [0.05, 0.1) is 0 Å². The number of hydrogen-bond donors (Lipinski definition) is 0. The third kappa shape index (κ3) is 3.26. The average Bonchev–Trinajstić information content (AvgIpc) is 2.24. The molecule has 0 aromatic heterocycles. The number of rotatable bonds is 6. The summed E-state index contributed by atoms with van der Waals surface area (Å²) in [5, 5.41) is 0.436. The minimum atomic E-state index is -2.36. The molecule has 88 valence electrons. The van der Waals surface area contributed by atoms with Crippen LogP contribution in [0.4, 0.5) is 0 Å². The summed E-state index contributed by atoms with van der Waals surface area (Å²) in [5.74, 6) is 0.0827. The minimum Gasteiger partial charge on any atom is -0.305 e. The third-order valence-electron chi connectivity index (χ3n) is 3.35. The Morgan fingerprint density at radius 3 is 1.40 bits per heavy atom. The highest BCUT2D eigenvalue weighted by atomic mass is 28.3. The van der Waals surface area contributed by atoms with Gasteiger partial charge < -0.3 is 9.59 Å². The van der Waals surface area contributed by atoms with E-state index in [0.717, 1.165) is 12.8 Å². The first kappa shape index (κ1) is 14.6. The van der Waals surface area contributed by atoms with E-state index in [1.165, 1.54) is 0 Å². The van der Waals surface area contributed by atoms with Crippen LogP contribution in [0.1, 0.15) is 40.5 Å². The largest absolute Gasteiger partial charge is 0.305 e. The van der Waals surface area contributed by atoms with Gasteiger partial charge in [-0.25, -0.2) is 0 Å². The van der Waals surface area contributed by atoms with Crippen LogP contribution < -0.4 is 0 Å². The van der Waals surface area contributed by atoms with Crippen molar-refractivity contribution in [2.24, 2.45) is 11.8 Å². The Morgan fingerprint density at radius 2 is 1.20 bits per heavy atom. The van der Waals surface area contributed by atoms with Gasteiger partial charge in [0.15, 0.2) is 0 Å². The Labute approximate surface area is 94.5 Å². The number of carbonyl (C=O) groups excluding carboxylic acids is 2. The van der Waals surface area contributed by atoms with E-state index < -0.39 is 8.07 Å². The second-order valence-corrected chi connectivity index (χ2v) is 9.21. The van der Waals surface area contributed by atoms with Crippen molar-refractivity contribution in [2.45, 2.75) is 53.6 Å². The molecule has 2 atom stereocenters. The molecule has 0 rings (SSSR count). The molecule has 0 amide bonds. The van der Waals surface area contributed by atoms with E-state index in [-0.39, 0.29) is 22.6 Å². The summed E-state index contributed by atoms with van der Waals surface area (Å²) >= 11 is 0. The highest BCUT2D eigenvalue weighted by Gasteiger charge is 2.41. The molecule has 15 heavy (non-hydrogen) atoms. The van der Waals surface area contributed by atoms with Crippen LogP contribution in [0.25, 0.3) is 0 Å². The van der Waals surface area contributed by atoms with Crippen molar-refractivity contribution < 1.29 is 9.59 Å². The maximum atomic E-state index is 12.1. The van der Waals surface area contributed by atoms with Gasteiger partial charge in [0.1, 0.15) is 10.8 Å². The Kier molecular flexibility index (Phi) is 5.42. The van der Waals surface area contributed by atoms with E-state index in [1.807, 2.05) is 40.8 Å². The van der Waals surface area contributed by atoms with E-state index in [4.69, 9.17) is 0 Å². The van der Waals surface area contributed by atoms with Crippen molar-refractivity contribution >= 4 is 18.9 Å². The van der Waals surface area contributed by atoms with Gasteiger partial charge in [-0.3, -0.25) is 0 Å². The maximum Gasteiger partial charge on any atom is 0.202 e. The lowest BCUT2D eigenvalue weighted by Gasteiger charge is -2.25. The third-order valence-corrected chi connectivity index (χ3v) is 6.80. The lowest BCUT2D eigenvalue weighted by molar-refractivity contribution is -0.119. The molecule has 0 saturated carbocycles. The van der Waals surface area contributed by atoms with Crippen LogP contribution >= 0.6 is 0 Å². The fraction of sp³-hybridized carbons (Fsp3) is 0.833. The van der Waals surface area contributed by atoms with Crippen LogP contribution in [0.3, 0.4) is 0 Å². The molecule has 0 aliphatic rings. The number of hydrogen-bond acceptors (Lipinski definition) is 2. The standard InChI is InChI=1S/C12H24O2Si/c1-7-9(3)11(13)15(5,6)12(14)10(4)8-2/h9-10H,7-8H2,1-6H3. The molecule has 0 heterocycles. The highest BCUT2D eigenvalue weighted by molar-refractivity contribution is 7.23. The average molecular weight is 228 g/mol. The molecule has 0 aromatic rings. The molecule has 0 spiro atoms. The van der Waals surface area contributed by atoms with Gasteiger partial charge in [0.2, 0.25) is 8.07 Å². The molecule has 2 nitrogen and oxygen atoms in total. The second-order valence-electron chi connectivity index (χ2n) is 4.97. The summed E-state index contributed by atoms with van der Waals surface area (Å²) in [6.45, 7) is 11.7. The van der Waals surface area contributed by atoms with Crippen LogP contribution in [0.2, 0.25) is 13.1 Å². The predicted molar refractivity (Wildman–Crippen MR) is 66.4 cm³/mol. The van der Waals surface area contributed by atoms with Gasteiger partial charge >= 0.3 is 0 Å². The molecular weight excluding hydrogens is 204 g/mol. The van der Waals surface area contributed by atoms with Crippen molar-refractivity contribution in [2.75, 3.05) is 0 Å². The zero-order valence-corrected chi connectivity index (χ0v) is 11.9. The Morgan fingerprint density at radius 1 is 0.933 bits per heavy atom. The molecule has 0 N–H and O–H groups in total. The maximum absolute atomic E-state index is 12.1. The Balaban J connectivity index is 4.81. The lowest BCUT2D eigenvalue weighted by Crippen LogP contribution is -2.51. The molecular formula is C12H24O2Si. The Bertz CT molecular complexity index is 222. The van der Waals surface area contributed by atoms with Crippen LogP contribution in [-0.4, -0.2) is 18.9 Å². The molecule has 0 radical (unpaired) electrons. The molecule has 3 heteroatoms. The van der Waals surface area contributed by atoms with Crippen LogP contribution in [0.15, 0.2) is 0 Å². The van der Waals surface area contributed by atoms with Crippen molar-refractivity contribution in [3.8, 4) is 0 Å². The van der Waals surface area contributed by atoms with E-state index >= 15 is 0 Å². The first-order valence-corrected chi connectivity index (χ1v) is 8.87. The first-order chi connectivity index (χ1) is 6.78. The summed E-state index contributed by atoms with van der Waals surface area (Å²) in [6, 6.07) is 0. The van der Waals surface area contributed by atoms with E-state index in [0.29, 0.717) is 0 Å². The molecule has 0 saturated heterocycles. The Hall–Kier alpha value is -0.443. The van der Waals surface area contributed by atoms with E-state index in [9.17, 15) is 9.59 Å². The molecule has 0 aliphatic heterocycles. The van der Waals surface area contributed by atoms with Gasteiger partial charge in [-0.2, -0.15) is 0 Å². The molecule has 0 bridgehead atoms. The van der Waals surface area contributed by atoms with Gasteiger partial charge in [-0.1, -0.05) is 40.8 Å². The van der Waals surface area contributed by atoms with Crippen molar-refractivity contribution in [3.63, 3.8) is 0 Å². The summed E-state index contributed by atoms with van der Waals surface area (Å²) < 4.78 is 0. The number of carbonyl (C=O) groups is 2. The summed E-state index contributed by atoms with van der Waals surface area (Å²) in [4.78, 5) is 24.2. The minimum absolute atomic E-state index is 0.0414. The van der Waals surface area contributed by atoms with Crippen molar-refractivity contribution in [1.29, 1.82) is 0 Å². The molecule has 0 aliphatic carbocycles. The predicted octanol–water partition coefficient (Wildman–Crippen LogP) is 3.00. The monoisotopic (exact) mass is 228 g/mol. The summed E-state index contributed by atoms with van der Waals surface area (Å²) in [5.41, 5.74) is 0. The lowest BCUT2D eigenvalue weighted by atomic mass is 10.1. The summed E-state index contributed by atoms with van der Waals surface area (Å²) in [7, 11) is -2.36. The van der Waals surface area contributed by atoms with Gasteiger partial charge in [0, 0.05) is 11.8 Å². The highest BCUT2D eigenvalue weighted by Crippen LogP contribution is 2.19. The second kappa shape index (κ2) is 5.59. The van der Waals surface area contributed by atoms with Gasteiger partial charge in [-0.05, 0) is 12.8 Å². The van der Waals surface area contributed by atoms with Crippen molar-refractivity contribution in [3.05, 3.63) is 0 Å². The topological polar surface area (TPSA) is 34.1 Å². The molecule has 2 unspecified atom stereocenters. The van der Waals surface area contributed by atoms with E-state index in [2.05, 4.69) is 0 Å². The van der Waals surface area contributed by atoms with Crippen LogP contribution in [0.5, 0.6) is 0 Å². The SMILES string of the molecule is CCC(C)C(=O)[Si](C)(C)C(=O)C(C)CC. The normalized spacial score (nSPS) is 15.9. The van der Waals surface area contributed by atoms with E-state index in [1.54, 1.807) is 0 Å². The fourth-order valence-corrected chi connectivity index (χ4v) is 4.84. The molecule has 0 fully saturated rings. The molecule has 0 aromatic carbocycles. The first-order valence-electron chi connectivity index (χ1n) is 5.87. The summed E-state index contributed by atoms with van der Waals surface area (Å²) in [6.07, 6.45) is 1.67. The quantitative estimate of drug-likeness (QED) is 0.655. The smallest absolute Gasteiger partial charge is 0.202 e. The van der Waals surface area contributed by atoms with Gasteiger partial charge in [0.25, 0.3) is 0 Å². The fourth-order valence-electron chi connectivity index (χ4n) is 1.72. The van der Waals surface area contributed by atoms with Crippen LogP contribution in [0, 0.1) is 11.8 Å². The van der Waals surface area contributed by atoms with Crippen molar-refractivity contribution in [1.82, 2.24) is 0 Å². The van der Waals surface area contributed by atoms with Crippen LogP contribution in [-0.2, 0) is 9.59 Å². The van der Waals surface area contributed by atoms with Gasteiger partial charge in [-0.15, -0.1) is 0 Å². The zero-order chi connectivity index (χ0) is 12.2.